The molecular formula is C8H13NWY-2. The smallest absolute Gasteiger partial charge is 0 e. The van der Waals surface area contributed by atoms with Crippen LogP contribution in [0.2, 0.25) is 0 Å². The summed E-state index contributed by atoms with van der Waals surface area (Å²) >= 11 is 1.42. The van der Waals surface area contributed by atoms with Crippen LogP contribution in [0.3, 0.4) is 0 Å². The van der Waals surface area contributed by atoms with E-state index in [9.17, 15) is 0 Å². The van der Waals surface area contributed by atoms with Gasteiger partial charge in [-0.25, -0.2) is 0 Å². The molecule has 0 saturated carbocycles. The van der Waals surface area contributed by atoms with Crippen molar-refractivity contribution in [1.29, 1.82) is 0 Å². The molecule has 0 atom stereocenters. The van der Waals surface area contributed by atoms with Gasteiger partial charge in [-0.05, 0) is 0 Å². The number of hydrogen-bond acceptors (Lipinski definition) is 1. The largest absolute Gasteiger partial charge is 0 e. The van der Waals surface area contributed by atoms with E-state index in [-0.39, 0.29) is 40.1 Å². The van der Waals surface area contributed by atoms with Gasteiger partial charge in [-0.15, -0.1) is 0 Å². The first-order valence-electron chi connectivity index (χ1n) is 2.62. The molecule has 0 aromatic heterocycles. The van der Waals surface area contributed by atoms with E-state index < -0.39 is 0 Å². The second-order valence-corrected chi connectivity index (χ2v) is 3.31. The number of nitrogens with zero attached hydrogens (tertiary/aromatic N) is 1. The Morgan fingerprint density at radius 1 is 1.73 bits per heavy atom. The Morgan fingerprint density at radius 2 is 2.18 bits per heavy atom. The molecule has 11 heavy (non-hydrogen) atoms. The molecule has 0 saturated heterocycles. The van der Waals surface area contributed by atoms with Crippen molar-refractivity contribution in [1.82, 2.24) is 0 Å². The van der Waals surface area contributed by atoms with Gasteiger partial charge in [-0.1, -0.05) is 7.43 Å². The average molecular weight is 396 g/mol. The van der Waals surface area contributed by atoms with E-state index in [2.05, 4.69) is 11.9 Å². The van der Waals surface area contributed by atoms with Crippen molar-refractivity contribution in [3.05, 3.63) is 19.7 Å². The predicted molar refractivity (Wildman–Crippen MR) is 43.7 cm³/mol. The van der Waals surface area contributed by atoms with Gasteiger partial charge in [-0.2, -0.15) is 0 Å². The molecule has 3 heteroatoms. The molecule has 0 aliphatic carbocycles. The normalized spacial score (nSPS) is 9.09. The van der Waals surface area contributed by atoms with Gasteiger partial charge in [0.25, 0.3) is 0 Å². The number of hydrogen-bond donors (Lipinski definition) is 0. The minimum atomic E-state index is 0. The summed E-state index contributed by atoms with van der Waals surface area (Å²) in [7, 11) is 0. The Labute approximate surface area is 106 Å². The third-order valence-electron chi connectivity index (χ3n) is 0.899. The van der Waals surface area contributed by atoms with Gasteiger partial charge in [0.15, 0.2) is 0 Å². The van der Waals surface area contributed by atoms with Crippen molar-refractivity contribution in [3.63, 3.8) is 0 Å². The second kappa shape index (κ2) is 11.1. The minimum absolute atomic E-state index is 0. The fourth-order valence-electron chi connectivity index (χ4n) is 0.365. The third-order valence-corrected chi connectivity index (χ3v) is 2.69. The van der Waals surface area contributed by atoms with Crippen molar-refractivity contribution in [3.8, 4) is 0 Å². The van der Waals surface area contributed by atoms with Gasteiger partial charge in [0.05, 0.1) is 0 Å². The second-order valence-electron chi connectivity index (χ2n) is 1.54. The van der Waals surface area contributed by atoms with Crippen molar-refractivity contribution in [2.24, 2.45) is 4.99 Å². The van der Waals surface area contributed by atoms with Gasteiger partial charge < -0.3 is 0 Å². The van der Waals surface area contributed by atoms with Crippen LogP contribution in [0.4, 0.5) is 0 Å². The molecule has 1 radical (unpaired) electrons. The van der Waals surface area contributed by atoms with Gasteiger partial charge in [0.2, 0.25) is 0 Å². The summed E-state index contributed by atoms with van der Waals surface area (Å²) in [5.74, 6) is 0. The SMILES string of the molecule is C.[CH-]=CN=C(C)[C](=[W])C[CH2-].[Y]. The summed E-state index contributed by atoms with van der Waals surface area (Å²) in [6, 6.07) is 0. The molecule has 0 heterocycles. The van der Waals surface area contributed by atoms with Crippen molar-refractivity contribution in [2.45, 2.75) is 20.8 Å². The Kier molecular flexibility index (Phi) is 18.1. The van der Waals surface area contributed by atoms with Crippen LogP contribution >= 0.6 is 0 Å². The maximum Gasteiger partial charge on any atom is 0 e. The Bertz CT molecular complexity index is 152. The number of aliphatic imine (C=N–C) groups is 1. The van der Waals surface area contributed by atoms with Crippen molar-refractivity contribution >= 4 is 9.61 Å². The van der Waals surface area contributed by atoms with Crippen LogP contribution in [0.1, 0.15) is 20.8 Å². The van der Waals surface area contributed by atoms with E-state index in [1.165, 1.54) is 29.5 Å². The van der Waals surface area contributed by atoms with Gasteiger partial charge in [0.1, 0.15) is 0 Å². The zero-order valence-corrected chi connectivity index (χ0v) is 11.8. The first kappa shape index (κ1) is 18.0. The average Bonchev–Trinajstić information content (AvgIpc) is 1.87. The molecule has 0 unspecified atom stereocenters. The quantitative estimate of drug-likeness (QED) is 0.512. The standard InChI is InChI=1S/C7H9N.CH4.W.Y/c1-4-6-7(3)8-5-2;;;/h2,5H,1,4H2,3H3;1H4;;/q-2;;;. The molecule has 0 rings (SSSR count). The summed E-state index contributed by atoms with van der Waals surface area (Å²) in [6.07, 6.45) is 2.15. The predicted octanol–water partition coefficient (Wildman–Crippen LogP) is 1.97. The van der Waals surface area contributed by atoms with E-state index in [1.807, 2.05) is 6.92 Å². The van der Waals surface area contributed by atoms with E-state index >= 15 is 0 Å². The molecule has 0 fully saturated rings. The Morgan fingerprint density at radius 3 is 2.45 bits per heavy atom. The van der Waals surface area contributed by atoms with Crippen molar-refractivity contribution in [2.75, 3.05) is 0 Å². The molecular weight excluding hydrogens is 383 g/mol. The topological polar surface area (TPSA) is 12.4 Å². The fraction of sp³-hybridized carbons (Fsp3) is 0.375. The van der Waals surface area contributed by atoms with E-state index in [1.54, 1.807) is 0 Å². The van der Waals surface area contributed by atoms with E-state index in [0.717, 1.165) is 12.1 Å². The molecule has 0 amide bonds. The van der Waals surface area contributed by atoms with Crippen LogP contribution in [-0.4, -0.2) is 9.61 Å². The monoisotopic (exact) mass is 396 g/mol. The van der Waals surface area contributed by atoms with Crippen molar-refractivity contribution < 1.29 is 52.1 Å². The maximum absolute atomic E-state index is 5.08. The van der Waals surface area contributed by atoms with Crippen LogP contribution in [0, 0.1) is 13.5 Å². The number of rotatable bonds is 3. The van der Waals surface area contributed by atoms with E-state index in [4.69, 9.17) is 6.58 Å². The Balaban J connectivity index is -0.000000320. The molecule has 0 N–H and O–H groups in total. The van der Waals surface area contributed by atoms with Gasteiger partial charge in [-0.3, -0.25) is 0 Å². The Hall–Kier alpha value is 1.07. The first-order valence-corrected chi connectivity index (χ1v) is 4.09. The zero-order valence-electron chi connectivity index (χ0n) is 6.00. The van der Waals surface area contributed by atoms with Crippen LogP contribution in [0.5, 0.6) is 0 Å². The minimum Gasteiger partial charge on any atom is 0 e. The van der Waals surface area contributed by atoms with Crippen LogP contribution in [0.15, 0.2) is 11.2 Å². The van der Waals surface area contributed by atoms with Crippen LogP contribution in [0.25, 0.3) is 0 Å². The first-order chi connectivity index (χ1) is 4.22. The van der Waals surface area contributed by atoms with E-state index in [0.29, 0.717) is 0 Å². The molecule has 0 bridgehead atoms. The summed E-state index contributed by atoms with van der Waals surface area (Å²) in [4.78, 5) is 3.91. The molecule has 61 valence electrons. The zero-order chi connectivity index (χ0) is 7.28. The third kappa shape index (κ3) is 8.98. The fourth-order valence-corrected chi connectivity index (χ4v) is 0.554. The molecule has 0 spiro atoms. The van der Waals surface area contributed by atoms with Crippen LogP contribution in [-0.2, 0) is 52.1 Å². The molecule has 0 aromatic rings. The summed E-state index contributed by atoms with van der Waals surface area (Å²) in [5.41, 5.74) is 1.00. The summed E-state index contributed by atoms with van der Waals surface area (Å²) < 4.78 is 1.26. The summed E-state index contributed by atoms with van der Waals surface area (Å²) in [5, 5.41) is 0. The van der Waals surface area contributed by atoms with Gasteiger partial charge in [0, 0.05) is 32.7 Å². The molecule has 0 aromatic carbocycles. The maximum atomic E-state index is 5.08. The molecule has 0 aliphatic heterocycles. The van der Waals surface area contributed by atoms with Crippen LogP contribution < -0.4 is 0 Å². The molecule has 1 nitrogen and oxygen atoms in total. The summed E-state index contributed by atoms with van der Waals surface area (Å²) in [6.45, 7) is 10.8. The van der Waals surface area contributed by atoms with Gasteiger partial charge >= 0.3 is 67.0 Å². The molecule has 0 aliphatic rings.